The Morgan fingerprint density at radius 1 is 1.20 bits per heavy atom. The minimum absolute atomic E-state index is 0.123. The highest BCUT2D eigenvalue weighted by molar-refractivity contribution is 6.18. The van der Waals surface area contributed by atoms with Gasteiger partial charge in [-0.25, -0.2) is 0 Å². The summed E-state index contributed by atoms with van der Waals surface area (Å²) in [7, 11) is 0. The molecule has 0 aliphatic rings. The summed E-state index contributed by atoms with van der Waals surface area (Å²) in [5.41, 5.74) is -0.339. The van der Waals surface area contributed by atoms with Gasteiger partial charge in [0, 0.05) is 5.88 Å². The molecule has 0 saturated heterocycles. The maximum atomic E-state index is 9.75. The van der Waals surface area contributed by atoms with Crippen molar-refractivity contribution in [2.24, 2.45) is 5.41 Å². The van der Waals surface area contributed by atoms with E-state index < -0.39 is 6.10 Å². The molecule has 0 heterocycles. The van der Waals surface area contributed by atoms with Gasteiger partial charge in [0.05, 0.1) is 17.8 Å². The Labute approximate surface area is 99.0 Å². The van der Waals surface area contributed by atoms with E-state index in [0.29, 0.717) is 0 Å². The summed E-state index contributed by atoms with van der Waals surface area (Å²) in [5.74, 6) is 0.273. The molecule has 2 nitrogen and oxygen atoms in total. The minimum atomic E-state index is -0.481. The zero-order chi connectivity index (χ0) is 12.3. The van der Waals surface area contributed by atoms with E-state index in [1.165, 1.54) is 0 Å². The van der Waals surface area contributed by atoms with Gasteiger partial charge in [0.25, 0.3) is 0 Å². The molecule has 0 fully saturated rings. The molecule has 0 bridgehead atoms. The van der Waals surface area contributed by atoms with Crippen molar-refractivity contribution >= 4 is 11.6 Å². The fourth-order valence-electron chi connectivity index (χ4n) is 1.73. The van der Waals surface area contributed by atoms with Crippen molar-refractivity contribution in [2.75, 3.05) is 5.88 Å². The van der Waals surface area contributed by atoms with E-state index in [-0.39, 0.29) is 23.0 Å². The van der Waals surface area contributed by atoms with Crippen LogP contribution in [0.15, 0.2) is 0 Å². The second kappa shape index (κ2) is 5.51. The zero-order valence-corrected chi connectivity index (χ0v) is 11.6. The Morgan fingerprint density at radius 2 is 1.67 bits per heavy atom. The number of ether oxygens (including phenoxy) is 1. The van der Waals surface area contributed by atoms with Gasteiger partial charge in [-0.05, 0) is 39.5 Å². The third-order valence-corrected chi connectivity index (χ3v) is 2.71. The Hall–Kier alpha value is 0.210. The highest BCUT2D eigenvalue weighted by Gasteiger charge is 2.30. The van der Waals surface area contributed by atoms with Gasteiger partial charge in [-0.1, -0.05) is 13.8 Å². The Kier molecular flexibility index (Phi) is 5.59. The molecule has 92 valence electrons. The molecule has 0 aliphatic carbocycles. The Bertz CT molecular complexity index is 185. The highest BCUT2D eigenvalue weighted by atomic mass is 35.5. The average molecular weight is 237 g/mol. The van der Waals surface area contributed by atoms with Gasteiger partial charge in [0.15, 0.2) is 0 Å². The third kappa shape index (κ3) is 6.39. The van der Waals surface area contributed by atoms with Crippen molar-refractivity contribution in [2.45, 2.75) is 65.8 Å². The van der Waals surface area contributed by atoms with E-state index in [1.54, 1.807) is 0 Å². The lowest BCUT2D eigenvalue weighted by Crippen LogP contribution is -2.36. The average Bonchev–Trinajstić information content (AvgIpc) is 1.97. The van der Waals surface area contributed by atoms with Crippen LogP contribution in [0.25, 0.3) is 0 Å². The predicted molar refractivity (Wildman–Crippen MR) is 65.4 cm³/mol. The first-order valence-electron chi connectivity index (χ1n) is 5.50. The summed E-state index contributed by atoms with van der Waals surface area (Å²) >= 11 is 5.66. The molecule has 0 aromatic rings. The molecule has 0 rings (SSSR count). The molecule has 0 aromatic heterocycles. The van der Waals surface area contributed by atoms with Gasteiger partial charge in [0.1, 0.15) is 0 Å². The number of rotatable bonds is 5. The molecule has 3 heteroatoms. The molecule has 0 aliphatic heterocycles. The molecule has 0 aromatic carbocycles. The molecule has 0 saturated carbocycles. The number of halogens is 1. The second-order valence-corrected chi connectivity index (χ2v) is 6.21. The lowest BCUT2D eigenvalue weighted by molar-refractivity contribution is -0.0791. The normalized spacial score (nSPS) is 17.6. The maximum Gasteiger partial charge on any atom is 0.0727 e. The third-order valence-electron chi connectivity index (χ3n) is 2.42. The van der Waals surface area contributed by atoms with E-state index in [4.69, 9.17) is 16.3 Å². The number of hydrogen-bond donors (Lipinski definition) is 1. The number of hydrogen-bond acceptors (Lipinski definition) is 2. The van der Waals surface area contributed by atoms with Crippen LogP contribution in [0.3, 0.4) is 0 Å². The van der Waals surface area contributed by atoms with Crippen LogP contribution in [-0.2, 0) is 4.74 Å². The summed E-state index contributed by atoms with van der Waals surface area (Å²) in [6, 6.07) is 0. The van der Waals surface area contributed by atoms with Crippen LogP contribution in [0.4, 0.5) is 0 Å². The van der Waals surface area contributed by atoms with Crippen LogP contribution in [-0.4, -0.2) is 28.8 Å². The van der Waals surface area contributed by atoms with E-state index in [0.717, 1.165) is 6.42 Å². The molecular formula is C12H25ClO2. The topological polar surface area (TPSA) is 29.5 Å². The molecule has 0 radical (unpaired) electrons. The van der Waals surface area contributed by atoms with Gasteiger partial charge < -0.3 is 9.84 Å². The van der Waals surface area contributed by atoms with Gasteiger partial charge in [-0.3, -0.25) is 0 Å². The first kappa shape index (κ1) is 15.2. The van der Waals surface area contributed by atoms with E-state index in [1.807, 2.05) is 41.5 Å². The molecule has 1 N–H and O–H groups in total. The number of alkyl halides is 1. The number of aliphatic hydroxyl groups is 1. The fourth-order valence-corrected chi connectivity index (χ4v) is 2.15. The van der Waals surface area contributed by atoms with Crippen LogP contribution in [0, 0.1) is 5.41 Å². The Balaban J connectivity index is 4.21. The van der Waals surface area contributed by atoms with E-state index in [9.17, 15) is 5.11 Å². The fraction of sp³-hybridized carbons (Fsp3) is 1.00. The summed E-state index contributed by atoms with van der Waals surface area (Å²) in [4.78, 5) is 0. The summed E-state index contributed by atoms with van der Waals surface area (Å²) < 4.78 is 5.81. The van der Waals surface area contributed by atoms with Gasteiger partial charge >= 0.3 is 0 Å². The van der Waals surface area contributed by atoms with Crippen molar-refractivity contribution in [3.8, 4) is 0 Å². The molecular weight excluding hydrogens is 212 g/mol. The van der Waals surface area contributed by atoms with Crippen molar-refractivity contribution < 1.29 is 9.84 Å². The summed E-state index contributed by atoms with van der Waals surface area (Å²) in [6.45, 7) is 12.2. The lowest BCUT2D eigenvalue weighted by atomic mass is 9.82. The zero-order valence-electron chi connectivity index (χ0n) is 10.8. The summed E-state index contributed by atoms with van der Waals surface area (Å²) in [5, 5.41) is 9.75. The van der Waals surface area contributed by atoms with Gasteiger partial charge in [0.2, 0.25) is 0 Å². The molecule has 1 unspecified atom stereocenters. The monoisotopic (exact) mass is 236 g/mol. The number of aliphatic hydroxyl groups excluding tert-OH is 1. The quantitative estimate of drug-likeness (QED) is 0.743. The van der Waals surface area contributed by atoms with Crippen molar-refractivity contribution in [3.63, 3.8) is 0 Å². The molecule has 0 spiro atoms. The minimum Gasteiger partial charge on any atom is -0.391 e. The van der Waals surface area contributed by atoms with E-state index in [2.05, 4.69) is 0 Å². The first-order chi connectivity index (χ1) is 6.58. The molecule has 2 atom stereocenters. The largest absolute Gasteiger partial charge is 0.391 e. The van der Waals surface area contributed by atoms with Crippen molar-refractivity contribution in [1.29, 1.82) is 0 Å². The first-order valence-corrected chi connectivity index (χ1v) is 6.04. The maximum absolute atomic E-state index is 9.75. The smallest absolute Gasteiger partial charge is 0.0727 e. The van der Waals surface area contributed by atoms with Gasteiger partial charge in [-0.2, -0.15) is 0 Å². The van der Waals surface area contributed by atoms with Crippen LogP contribution < -0.4 is 0 Å². The highest BCUT2D eigenvalue weighted by Crippen LogP contribution is 2.30. The molecule has 15 heavy (non-hydrogen) atoms. The van der Waals surface area contributed by atoms with Crippen LogP contribution >= 0.6 is 11.6 Å². The van der Waals surface area contributed by atoms with Crippen LogP contribution in [0.1, 0.15) is 48.0 Å². The molecule has 0 amide bonds. The Morgan fingerprint density at radius 3 is 2.00 bits per heavy atom. The van der Waals surface area contributed by atoms with Crippen molar-refractivity contribution in [3.05, 3.63) is 0 Å². The van der Waals surface area contributed by atoms with Crippen LogP contribution in [0.2, 0.25) is 0 Å². The SMILES string of the molecule is CC(CC(C)(C)[C@@H](O)CCl)OC(C)(C)C. The van der Waals surface area contributed by atoms with Gasteiger partial charge in [-0.15, -0.1) is 11.6 Å². The summed E-state index contributed by atoms with van der Waals surface area (Å²) in [6.07, 6.45) is 0.445. The van der Waals surface area contributed by atoms with E-state index >= 15 is 0 Å². The van der Waals surface area contributed by atoms with Crippen molar-refractivity contribution in [1.82, 2.24) is 0 Å². The lowest BCUT2D eigenvalue weighted by Gasteiger charge is -2.34. The standard InChI is InChI=1S/C12H25ClO2/c1-9(15-11(2,3)4)7-12(5,6)10(14)8-13/h9-10,14H,7-8H2,1-6H3/t9?,10-/m0/s1. The van der Waals surface area contributed by atoms with Crippen LogP contribution in [0.5, 0.6) is 0 Å². The predicted octanol–water partition coefficient (Wildman–Crippen LogP) is 3.21. The second-order valence-electron chi connectivity index (χ2n) is 5.90.